The number of nitrogens with one attached hydrogen (secondary N) is 1. The second-order valence-electron chi connectivity index (χ2n) is 3.44. The van der Waals surface area contributed by atoms with Crippen molar-refractivity contribution in [1.82, 2.24) is 10.2 Å². The Balaban J connectivity index is 2.55. The second-order valence-corrected chi connectivity index (χ2v) is 5.30. The third-order valence-corrected chi connectivity index (χ3v) is 3.66. The highest BCUT2D eigenvalue weighted by molar-refractivity contribution is 9.09. The number of anilines is 1. The summed E-state index contributed by atoms with van der Waals surface area (Å²) in [6.45, 7) is 4.04. The van der Waals surface area contributed by atoms with Gasteiger partial charge in [0.25, 0.3) is 0 Å². The van der Waals surface area contributed by atoms with Crippen LogP contribution in [0.5, 0.6) is 0 Å². The molecule has 1 N–H and O–H groups in total. The molecule has 1 amide bonds. The van der Waals surface area contributed by atoms with Crippen LogP contribution in [0.4, 0.5) is 5.13 Å². The number of rotatable bonds is 6. The summed E-state index contributed by atoms with van der Waals surface area (Å²) >= 11 is 4.78. The Morgan fingerprint density at radius 3 is 2.69 bits per heavy atom. The van der Waals surface area contributed by atoms with Crippen LogP contribution in [0, 0.1) is 5.92 Å². The number of carbonyl (C=O) groups is 1. The van der Waals surface area contributed by atoms with Crippen LogP contribution in [0.1, 0.15) is 31.7 Å². The van der Waals surface area contributed by atoms with Crippen LogP contribution >= 0.6 is 27.3 Å². The number of amides is 1. The molecule has 0 aliphatic rings. The first-order valence-corrected chi connectivity index (χ1v) is 7.34. The van der Waals surface area contributed by atoms with Crippen molar-refractivity contribution in [3.8, 4) is 0 Å². The second kappa shape index (κ2) is 6.96. The Labute approximate surface area is 108 Å². The van der Waals surface area contributed by atoms with Gasteiger partial charge in [-0.25, -0.2) is 0 Å². The minimum absolute atomic E-state index is 0.0477. The highest BCUT2D eigenvalue weighted by atomic mass is 79.9. The van der Waals surface area contributed by atoms with Crippen LogP contribution in [0.2, 0.25) is 0 Å². The molecule has 4 nitrogen and oxygen atoms in total. The van der Waals surface area contributed by atoms with E-state index in [1.165, 1.54) is 11.3 Å². The third-order valence-electron chi connectivity index (χ3n) is 2.36. The van der Waals surface area contributed by atoms with E-state index in [9.17, 15) is 4.79 Å². The Morgan fingerprint density at radius 2 is 2.12 bits per heavy atom. The van der Waals surface area contributed by atoms with E-state index in [1.54, 1.807) is 0 Å². The van der Waals surface area contributed by atoms with Crippen molar-refractivity contribution in [2.75, 3.05) is 10.6 Å². The van der Waals surface area contributed by atoms with Gasteiger partial charge in [0, 0.05) is 17.7 Å². The third kappa shape index (κ3) is 3.83. The lowest BCUT2D eigenvalue weighted by Crippen LogP contribution is -2.21. The van der Waals surface area contributed by atoms with E-state index in [1.807, 2.05) is 13.8 Å². The van der Waals surface area contributed by atoms with Gasteiger partial charge in [-0.2, -0.15) is 0 Å². The molecule has 0 spiro atoms. The van der Waals surface area contributed by atoms with Gasteiger partial charge >= 0.3 is 0 Å². The normalized spacial score (nSPS) is 10.8. The van der Waals surface area contributed by atoms with Crippen LogP contribution in [0.3, 0.4) is 0 Å². The average Bonchev–Trinajstić information content (AvgIpc) is 2.68. The number of nitrogens with zero attached hydrogens (tertiary/aromatic N) is 2. The van der Waals surface area contributed by atoms with Gasteiger partial charge in [-0.05, 0) is 12.8 Å². The Kier molecular flexibility index (Phi) is 5.90. The smallest absolute Gasteiger partial charge is 0.229 e. The molecule has 6 heteroatoms. The topological polar surface area (TPSA) is 54.9 Å². The van der Waals surface area contributed by atoms with Crippen molar-refractivity contribution < 1.29 is 4.79 Å². The quantitative estimate of drug-likeness (QED) is 0.822. The first-order valence-electron chi connectivity index (χ1n) is 5.40. The lowest BCUT2D eigenvalue weighted by molar-refractivity contribution is -0.120. The lowest BCUT2D eigenvalue weighted by atomic mass is 10.0. The molecule has 1 aromatic heterocycles. The highest BCUT2D eigenvalue weighted by Gasteiger charge is 2.15. The first kappa shape index (κ1) is 13.6. The molecule has 0 atom stereocenters. The Hall–Kier alpha value is -0.490. The molecule has 1 rings (SSSR count). The molecule has 0 radical (unpaired) electrons. The molecule has 0 saturated carbocycles. The molecular formula is C10H16BrN3OS. The SMILES string of the molecule is CCC(CC)C(=O)Nc1nnc(CCBr)s1. The molecule has 90 valence electrons. The average molecular weight is 306 g/mol. The number of alkyl halides is 1. The van der Waals surface area contributed by atoms with E-state index in [0.717, 1.165) is 29.6 Å². The summed E-state index contributed by atoms with van der Waals surface area (Å²) in [6.07, 6.45) is 2.56. The number of hydrogen-bond donors (Lipinski definition) is 1. The summed E-state index contributed by atoms with van der Waals surface area (Å²) in [5.41, 5.74) is 0. The van der Waals surface area contributed by atoms with Crippen molar-refractivity contribution in [3.05, 3.63) is 5.01 Å². The number of aromatic nitrogens is 2. The number of aryl methyl sites for hydroxylation is 1. The van der Waals surface area contributed by atoms with E-state index in [2.05, 4.69) is 31.4 Å². The van der Waals surface area contributed by atoms with E-state index in [0.29, 0.717) is 5.13 Å². The van der Waals surface area contributed by atoms with Crippen LogP contribution in [-0.4, -0.2) is 21.4 Å². The maximum atomic E-state index is 11.8. The summed E-state index contributed by atoms with van der Waals surface area (Å²) < 4.78 is 0. The fourth-order valence-corrected chi connectivity index (χ4v) is 2.73. The molecule has 0 fully saturated rings. The molecule has 0 aliphatic heterocycles. The van der Waals surface area contributed by atoms with E-state index in [4.69, 9.17) is 0 Å². The number of carbonyl (C=O) groups excluding carboxylic acids is 1. The summed E-state index contributed by atoms with van der Waals surface area (Å²) in [5.74, 6) is 0.120. The van der Waals surface area contributed by atoms with Crippen molar-refractivity contribution >= 4 is 38.3 Å². The molecule has 0 bridgehead atoms. The van der Waals surface area contributed by atoms with Gasteiger partial charge in [-0.15, -0.1) is 10.2 Å². The largest absolute Gasteiger partial charge is 0.300 e. The minimum Gasteiger partial charge on any atom is -0.300 e. The number of hydrogen-bond acceptors (Lipinski definition) is 4. The molecule has 0 unspecified atom stereocenters. The molecule has 0 aliphatic carbocycles. The zero-order valence-electron chi connectivity index (χ0n) is 9.49. The van der Waals surface area contributed by atoms with E-state index < -0.39 is 0 Å². The zero-order valence-corrected chi connectivity index (χ0v) is 11.9. The monoisotopic (exact) mass is 305 g/mol. The van der Waals surface area contributed by atoms with Gasteiger partial charge in [0.1, 0.15) is 5.01 Å². The fourth-order valence-electron chi connectivity index (χ4n) is 1.35. The summed E-state index contributed by atoms with van der Waals surface area (Å²) in [5, 5.41) is 13.2. The van der Waals surface area contributed by atoms with Crippen molar-refractivity contribution in [1.29, 1.82) is 0 Å². The van der Waals surface area contributed by atoms with Crippen molar-refractivity contribution in [2.45, 2.75) is 33.1 Å². The van der Waals surface area contributed by atoms with Crippen LogP contribution < -0.4 is 5.32 Å². The minimum atomic E-state index is 0.0477. The molecule has 1 heterocycles. The maximum Gasteiger partial charge on any atom is 0.229 e. The molecule has 0 aromatic carbocycles. The molecule has 1 aromatic rings. The van der Waals surface area contributed by atoms with Gasteiger partial charge in [-0.1, -0.05) is 41.1 Å². The Morgan fingerprint density at radius 1 is 1.44 bits per heavy atom. The number of halogens is 1. The molecule has 0 saturated heterocycles. The van der Waals surface area contributed by atoms with Crippen LogP contribution in [0.15, 0.2) is 0 Å². The maximum absolute atomic E-state index is 11.8. The van der Waals surface area contributed by atoms with Gasteiger partial charge in [0.15, 0.2) is 0 Å². The van der Waals surface area contributed by atoms with Gasteiger partial charge in [0.2, 0.25) is 11.0 Å². The molecule has 16 heavy (non-hydrogen) atoms. The van der Waals surface area contributed by atoms with Crippen molar-refractivity contribution in [3.63, 3.8) is 0 Å². The van der Waals surface area contributed by atoms with Crippen LogP contribution in [-0.2, 0) is 11.2 Å². The zero-order chi connectivity index (χ0) is 12.0. The Bertz CT molecular complexity index is 339. The fraction of sp³-hybridized carbons (Fsp3) is 0.700. The van der Waals surface area contributed by atoms with Crippen molar-refractivity contribution in [2.24, 2.45) is 5.92 Å². The predicted molar refractivity (Wildman–Crippen MR) is 70.1 cm³/mol. The van der Waals surface area contributed by atoms with Gasteiger partial charge in [0.05, 0.1) is 0 Å². The standard InChI is InChI=1S/C10H16BrN3OS/c1-3-7(4-2)9(15)12-10-14-13-8(16-10)5-6-11/h7H,3-6H2,1-2H3,(H,12,14,15). The van der Waals surface area contributed by atoms with Crippen LogP contribution in [0.25, 0.3) is 0 Å². The lowest BCUT2D eigenvalue weighted by Gasteiger charge is -2.09. The van der Waals surface area contributed by atoms with E-state index >= 15 is 0 Å². The van der Waals surface area contributed by atoms with Gasteiger partial charge in [-0.3, -0.25) is 4.79 Å². The summed E-state index contributed by atoms with van der Waals surface area (Å²) in [7, 11) is 0. The van der Waals surface area contributed by atoms with Gasteiger partial charge < -0.3 is 5.32 Å². The summed E-state index contributed by atoms with van der Waals surface area (Å²) in [6, 6.07) is 0. The first-order chi connectivity index (χ1) is 7.71. The summed E-state index contributed by atoms with van der Waals surface area (Å²) in [4.78, 5) is 11.8. The highest BCUT2D eigenvalue weighted by Crippen LogP contribution is 2.18. The predicted octanol–water partition coefficient (Wildman–Crippen LogP) is 2.85. The van der Waals surface area contributed by atoms with E-state index in [-0.39, 0.29) is 11.8 Å². The molecular weight excluding hydrogens is 290 g/mol.